The van der Waals surface area contributed by atoms with Gasteiger partial charge in [0.25, 0.3) is 5.91 Å². The third-order valence-corrected chi connectivity index (χ3v) is 7.55. The summed E-state index contributed by atoms with van der Waals surface area (Å²) in [6.07, 6.45) is 8.76. The lowest BCUT2D eigenvalue weighted by molar-refractivity contribution is 0.0526. The third-order valence-electron chi connectivity index (χ3n) is 6.73. The average molecular weight is 522 g/mol. The van der Waals surface area contributed by atoms with Crippen molar-refractivity contribution < 1.29 is 19.1 Å². The first-order valence-electron chi connectivity index (χ1n) is 12.9. The maximum Gasteiger partial charge on any atom is 0.367 e. The summed E-state index contributed by atoms with van der Waals surface area (Å²) < 4.78 is 12.5. The van der Waals surface area contributed by atoms with Crippen LogP contribution in [0.5, 0.6) is 5.75 Å². The highest BCUT2D eigenvalue weighted by molar-refractivity contribution is 7.11. The number of methoxy groups -OCH3 is 1. The van der Waals surface area contributed by atoms with Crippen LogP contribution in [0.3, 0.4) is 0 Å². The molecule has 0 spiro atoms. The monoisotopic (exact) mass is 521 g/mol. The average Bonchev–Trinajstić information content (AvgIpc) is 3.53. The molecule has 0 fully saturated rings. The molecular weight excluding hydrogens is 486 g/mol. The lowest BCUT2D eigenvalue weighted by Gasteiger charge is -2.13. The zero-order valence-electron chi connectivity index (χ0n) is 21.8. The number of benzene rings is 1. The Balaban J connectivity index is 1.56. The second-order valence-corrected chi connectivity index (χ2v) is 10.0. The number of amides is 1. The molecule has 0 saturated heterocycles. The number of hydrogen-bond donors (Lipinski definition) is 1. The van der Waals surface area contributed by atoms with E-state index in [0.29, 0.717) is 36.0 Å². The molecular formula is C29H35N3O4S. The van der Waals surface area contributed by atoms with Gasteiger partial charge >= 0.3 is 5.97 Å². The third kappa shape index (κ3) is 6.68. The Morgan fingerprint density at radius 1 is 1.16 bits per heavy atom. The van der Waals surface area contributed by atoms with Crippen LogP contribution in [0, 0.1) is 6.92 Å². The van der Waals surface area contributed by atoms with E-state index in [4.69, 9.17) is 9.47 Å². The lowest BCUT2D eigenvalue weighted by atomic mass is 9.97. The normalized spacial score (nSPS) is 13.2. The summed E-state index contributed by atoms with van der Waals surface area (Å²) in [5, 5.41) is 5.27. The van der Waals surface area contributed by atoms with Crippen LogP contribution in [0.15, 0.2) is 47.4 Å². The molecule has 37 heavy (non-hydrogen) atoms. The number of rotatable bonds is 11. The van der Waals surface area contributed by atoms with E-state index in [2.05, 4.69) is 20.9 Å². The van der Waals surface area contributed by atoms with E-state index in [1.807, 2.05) is 42.6 Å². The van der Waals surface area contributed by atoms with Crippen molar-refractivity contribution in [2.24, 2.45) is 0 Å². The van der Waals surface area contributed by atoms with E-state index in [-0.39, 0.29) is 5.91 Å². The number of nitrogens with one attached hydrogen (secondary N) is 1. The largest absolute Gasteiger partial charge is 0.497 e. The van der Waals surface area contributed by atoms with Crippen molar-refractivity contribution in [2.45, 2.75) is 58.9 Å². The van der Waals surface area contributed by atoms with Crippen LogP contribution in [0.2, 0.25) is 0 Å². The predicted octanol–water partition coefficient (Wildman–Crippen LogP) is 5.97. The fourth-order valence-electron chi connectivity index (χ4n) is 4.65. The maximum absolute atomic E-state index is 13.2. The van der Waals surface area contributed by atoms with Crippen LogP contribution in [0.4, 0.5) is 0 Å². The molecule has 2 aromatic heterocycles. The number of allylic oxidation sites excluding steroid dienone is 1. The summed E-state index contributed by atoms with van der Waals surface area (Å²) in [4.78, 5) is 29.9. The SMILES string of the molecule is CCOC(=O)c1nc(-c2cc(C(=O)NCCC3=CCCCC3)c(C)n2CCc2ccc(OC)cc2)cs1. The second-order valence-electron chi connectivity index (χ2n) is 9.15. The number of carbonyl (C=O) groups excluding carboxylic acids is 2. The van der Waals surface area contributed by atoms with Gasteiger partial charge in [-0.1, -0.05) is 23.8 Å². The van der Waals surface area contributed by atoms with Gasteiger partial charge < -0.3 is 19.4 Å². The number of carbonyl (C=O) groups is 2. The molecule has 2 heterocycles. The van der Waals surface area contributed by atoms with Crippen molar-refractivity contribution in [3.8, 4) is 17.1 Å². The Labute approximate surface area is 222 Å². The van der Waals surface area contributed by atoms with Crippen LogP contribution in [0.1, 0.15) is 70.4 Å². The minimum absolute atomic E-state index is 0.0841. The summed E-state index contributed by atoms with van der Waals surface area (Å²) in [6, 6.07) is 9.89. The number of esters is 1. The van der Waals surface area contributed by atoms with Gasteiger partial charge in [-0.2, -0.15) is 0 Å². The van der Waals surface area contributed by atoms with Crippen LogP contribution >= 0.6 is 11.3 Å². The first-order valence-corrected chi connectivity index (χ1v) is 13.8. The molecule has 8 heteroatoms. The number of thiazole rings is 1. The van der Waals surface area contributed by atoms with Crippen molar-refractivity contribution in [1.82, 2.24) is 14.9 Å². The van der Waals surface area contributed by atoms with Gasteiger partial charge in [-0.15, -0.1) is 11.3 Å². The summed E-state index contributed by atoms with van der Waals surface area (Å²) in [5.41, 5.74) is 5.60. The number of ether oxygens (including phenoxy) is 2. The first kappa shape index (κ1) is 26.7. The van der Waals surface area contributed by atoms with E-state index in [0.717, 1.165) is 48.4 Å². The summed E-state index contributed by atoms with van der Waals surface area (Å²) in [6.45, 7) is 5.33. The molecule has 1 amide bonds. The first-order chi connectivity index (χ1) is 18.0. The zero-order valence-corrected chi connectivity index (χ0v) is 22.7. The van der Waals surface area contributed by atoms with Crippen LogP contribution in [0.25, 0.3) is 11.4 Å². The van der Waals surface area contributed by atoms with Gasteiger partial charge in [0.1, 0.15) is 5.75 Å². The minimum Gasteiger partial charge on any atom is -0.497 e. The molecule has 0 unspecified atom stereocenters. The van der Waals surface area contributed by atoms with Gasteiger partial charge in [-0.3, -0.25) is 4.79 Å². The highest BCUT2D eigenvalue weighted by atomic mass is 32.1. The fourth-order valence-corrected chi connectivity index (χ4v) is 5.35. The number of hydrogen-bond acceptors (Lipinski definition) is 6. The van der Waals surface area contributed by atoms with Crippen molar-refractivity contribution in [1.29, 1.82) is 0 Å². The highest BCUT2D eigenvalue weighted by Crippen LogP contribution is 2.29. The smallest absolute Gasteiger partial charge is 0.367 e. The molecule has 0 bridgehead atoms. The number of aromatic nitrogens is 2. The maximum atomic E-state index is 13.2. The van der Waals surface area contributed by atoms with E-state index >= 15 is 0 Å². The molecule has 7 nitrogen and oxygen atoms in total. The van der Waals surface area contributed by atoms with Crippen molar-refractivity contribution in [3.63, 3.8) is 0 Å². The van der Waals surface area contributed by atoms with E-state index in [9.17, 15) is 9.59 Å². The molecule has 1 aromatic carbocycles. The lowest BCUT2D eigenvalue weighted by Crippen LogP contribution is -2.25. The standard InChI is InChI=1S/C29H35N3O4S/c1-4-36-29(34)28-31-25(19-37-28)26-18-24(27(33)30-16-14-21-8-6-5-7-9-21)20(2)32(26)17-15-22-10-12-23(35-3)13-11-22/h8,10-13,18-19H,4-7,9,14-17H2,1-3H3,(H,30,33). The summed E-state index contributed by atoms with van der Waals surface area (Å²) >= 11 is 1.25. The topological polar surface area (TPSA) is 82.5 Å². The van der Waals surface area contributed by atoms with Gasteiger partial charge in [0.2, 0.25) is 5.01 Å². The highest BCUT2D eigenvalue weighted by Gasteiger charge is 2.21. The number of nitrogens with zero attached hydrogens (tertiary/aromatic N) is 2. The van der Waals surface area contributed by atoms with E-state index in [1.54, 1.807) is 14.0 Å². The molecule has 0 radical (unpaired) electrons. The van der Waals surface area contributed by atoms with Crippen molar-refractivity contribution in [3.05, 3.63) is 69.2 Å². The Morgan fingerprint density at radius 3 is 2.68 bits per heavy atom. The van der Waals surface area contributed by atoms with Gasteiger partial charge in [0.15, 0.2) is 0 Å². The molecule has 0 saturated carbocycles. The Morgan fingerprint density at radius 2 is 1.97 bits per heavy atom. The predicted molar refractivity (Wildman–Crippen MR) is 146 cm³/mol. The van der Waals surface area contributed by atoms with Crippen molar-refractivity contribution in [2.75, 3.05) is 20.3 Å². The van der Waals surface area contributed by atoms with Gasteiger partial charge in [-0.05, 0) is 76.1 Å². The van der Waals surface area contributed by atoms with Gasteiger partial charge in [0.05, 0.1) is 30.7 Å². The van der Waals surface area contributed by atoms with Crippen LogP contribution < -0.4 is 10.1 Å². The molecule has 1 aliphatic carbocycles. The Kier molecular flexibility index (Phi) is 9.17. The Bertz CT molecular complexity index is 1260. The summed E-state index contributed by atoms with van der Waals surface area (Å²) in [5.74, 6) is 0.305. The molecule has 0 aliphatic heterocycles. The molecule has 4 rings (SSSR count). The van der Waals surface area contributed by atoms with Gasteiger partial charge in [0, 0.05) is 24.2 Å². The van der Waals surface area contributed by atoms with E-state index < -0.39 is 5.97 Å². The molecule has 3 aromatic rings. The second kappa shape index (κ2) is 12.7. The molecule has 0 atom stereocenters. The van der Waals surface area contributed by atoms with E-state index in [1.165, 1.54) is 29.8 Å². The molecule has 196 valence electrons. The van der Waals surface area contributed by atoms with Crippen LogP contribution in [-0.4, -0.2) is 41.7 Å². The molecule has 1 aliphatic rings. The molecule has 1 N–H and O–H groups in total. The fraction of sp³-hybridized carbons (Fsp3) is 0.414. The van der Waals surface area contributed by atoms with Crippen molar-refractivity contribution >= 4 is 23.2 Å². The summed E-state index contributed by atoms with van der Waals surface area (Å²) in [7, 11) is 1.65. The Hall–Kier alpha value is -3.39. The van der Waals surface area contributed by atoms with Gasteiger partial charge in [-0.25, -0.2) is 9.78 Å². The minimum atomic E-state index is -0.429. The quantitative estimate of drug-likeness (QED) is 0.248. The zero-order chi connectivity index (χ0) is 26.2. The number of aryl methyl sites for hydroxylation is 1. The van der Waals surface area contributed by atoms with Crippen LogP contribution in [-0.2, 0) is 17.7 Å².